The highest BCUT2D eigenvalue weighted by Crippen LogP contribution is 2.17. The smallest absolute Gasteiger partial charge is 0.261 e. The number of hydrogen-bond donors (Lipinski definition) is 1. The normalized spacial score (nSPS) is 11.5. The van der Waals surface area contributed by atoms with Crippen LogP contribution in [-0.4, -0.2) is 9.55 Å². The van der Waals surface area contributed by atoms with Crippen LogP contribution in [0.1, 0.15) is 22.7 Å². The summed E-state index contributed by atoms with van der Waals surface area (Å²) in [6, 6.07) is 16.6. The largest absolute Gasteiger partial charge is 0.465 e. The highest BCUT2D eigenvalue weighted by Gasteiger charge is 2.11. The maximum absolute atomic E-state index is 13.2. The molecule has 2 N–H and O–H groups in total. The molecule has 2 heterocycles. The summed E-state index contributed by atoms with van der Waals surface area (Å²) >= 11 is 6.09. The minimum atomic E-state index is -0.126. The van der Waals surface area contributed by atoms with Crippen LogP contribution in [0.5, 0.6) is 0 Å². The lowest BCUT2D eigenvalue weighted by atomic mass is 10.1. The number of nitrogens with two attached hydrogens (primary N) is 1. The van der Waals surface area contributed by atoms with Crippen LogP contribution < -0.4 is 11.3 Å². The van der Waals surface area contributed by atoms with Gasteiger partial charge < -0.3 is 10.2 Å². The first-order valence-electron chi connectivity index (χ1n) is 8.83. The Morgan fingerprint density at radius 3 is 2.71 bits per heavy atom. The molecular formula is C22H18ClN3O2. The second-order valence-corrected chi connectivity index (χ2v) is 6.83. The van der Waals surface area contributed by atoms with Gasteiger partial charge in [0.15, 0.2) is 0 Å². The number of aromatic nitrogens is 2. The van der Waals surface area contributed by atoms with Gasteiger partial charge in [-0.05, 0) is 53.6 Å². The number of nitrogens with zero attached hydrogens (tertiary/aromatic N) is 2. The van der Waals surface area contributed by atoms with E-state index in [0.717, 1.165) is 11.1 Å². The van der Waals surface area contributed by atoms with E-state index < -0.39 is 0 Å². The Bertz CT molecular complexity index is 1210. The molecule has 2 aromatic heterocycles. The minimum absolute atomic E-state index is 0.126. The van der Waals surface area contributed by atoms with Crippen LogP contribution in [0, 0.1) is 0 Å². The summed E-state index contributed by atoms with van der Waals surface area (Å²) in [7, 11) is 0. The van der Waals surface area contributed by atoms with Crippen LogP contribution in [0.3, 0.4) is 0 Å². The number of fused-ring (bicyclic) bond motifs is 1. The fourth-order valence-electron chi connectivity index (χ4n) is 3.07. The molecule has 0 saturated heterocycles. The van der Waals surface area contributed by atoms with E-state index >= 15 is 0 Å². The van der Waals surface area contributed by atoms with Crippen LogP contribution in [0.25, 0.3) is 23.1 Å². The Balaban J connectivity index is 1.86. The van der Waals surface area contributed by atoms with Crippen LogP contribution in [-0.2, 0) is 13.1 Å². The van der Waals surface area contributed by atoms with E-state index in [1.165, 1.54) is 0 Å². The summed E-state index contributed by atoms with van der Waals surface area (Å²) in [5.74, 6) is 1.20. The van der Waals surface area contributed by atoms with Crippen LogP contribution in [0.4, 0.5) is 0 Å². The van der Waals surface area contributed by atoms with Gasteiger partial charge in [-0.1, -0.05) is 35.9 Å². The van der Waals surface area contributed by atoms with Gasteiger partial charge in [-0.2, -0.15) is 0 Å². The first-order chi connectivity index (χ1) is 13.6. The molecule has 0 amide bonds. The van der Waals surface area contributed by atoms with Gasteiger partial charge in [0.25, 0.3) is 5.56 Å². The first-order valence-corrected chi connectivity index (χ1v) is 9.21. The number of hydrogen-bond acceptors (Lipinski definition) is 4. The second kappa shape index (κ2) is 7.84. The predicted octanol–water partition coefficient (Wildman–Crippen LogP) is 4.32. The summed E-state index contributed by atoms with van der Waals surface area (Å²) in [6.45, 7) is 0.832. The Kier molecular flexibility index (Phi) is 5.10. The third kappa shape index (κ3) is 3.76. The minimum Gasteiger partial charge on any atom is -0.465 e. The van der Waals surface area contributed by atoms with Crippen molar-refractivity contribution >= 4 is 34.7 Å². The van der Waals surface area contributed by atoms with Gasteiger partial charge in [0, 0.05) is 11.6 Å². The first kappa shape index (κ1) is 18.2. The van der Waals surface area contributed by atoms with Crippen molar-refractivity contribution < 1.29 is 4.42 Å². The van der Waals surface area contributed by atoms with Gasteiger partial charge in [-0.3, -0.25) is 9.36 Å². The van der Waals surface area contributed by atoms with E-state index in [-0.39, 0.29) is 5.56 Å². The summed E-state index contributed by atoms with van der Waals surface area (Å²) in [4.78, 5) is 17.8. The Hall–Kier alpha value is -3.15. The highest BCUT2D eigenvalue weighted by atomic mass is 35.5. The fourth-order valence-corrected chi connectivity index (χ4v) is 3.24. The molecule has 28 heavy (non-hydrogen) atoms. The van der Waals surface area contributed by atoms with Gasteiger partial charge in [-0.15, -0.1) is 0 Å². The van der Waals surface area contributed by atoms with Crippen LogP contribution in [0.2, 0.25) is 5.02 Å². The second-order valence-electron chi connectivity index (χ2n) is 6.40. The Morgan fingerprint density at radius 1 is 1.07 bits per heavy atom. The molecule has 0 fully saturated rings. The molecule has 0 spiro atoms. The molecule has 5 nitrogen and oxygen atoms in total. The van der Waals surface area contributed by atoms with Crippen molar-refractivity contribution in [3.8, 4) is 0 Å². The number of benzene rings is 2. The predicted molar refractivity (Wildman–Crippen MR) is 112 cm³/mol. The summed E-state index contributed by atoms with van der Waals surface area (Å²) in [5.41, 5.74) is 8.17. The standard InChI is InChI=1S/C22H18ClN3O2/c23-17-6-8-19-20(12-17)25-21(9-7-18-5-2-10-28-18)26(22(19)27)14-16-4-1-3-15(11-16)13-24/h1-12H,13-14,24H2. The lowest BCUT2D eigenvalue weighted by Crippen LogP contribution is -2.24. The van der Waals surface area contributed by atoms with Crippen molar-refractivity contribution in [1.82, 2.24) is 9.55 Å². The van der Waals surface area contributed by atoms with E-state index in [9.17, 15) is 4.79 Å². The van der Waals surface area contributed by atoms with Crippen molar-refractivity contribution in [3.63, 3.8) is 0 Å². The van der Waals surface area contributed by atoms with E-state index in [1.807, 2.05) is 30.3 Å². The number of rotatable bonds is 5. The van der Waals surface area contributed by atoms with Gasteiger partial charge in [-0.25, -0.2) is 4.98 Å². The number of furan rings is 1. The van der Waals surface area contributed by atoms with Crippen LogP contribution in [0.15, 0.2) is 70.1 Å². The topological polar surface area (TPSA) is 74.1 Å². The molecule has 2 aromatic carbocycles. The van der Waals surface area contributed by atoms with Gasteiger partial charge >= 0.3 is 0 Å². The SMILES string of the molecule is NCc1cccc(Cn2c(C=Cc3ccco3)nc3cc(Cl)ccc3c2=O)c1. The van der Waals surface area contributed by atoms with E-state index in [4.69, 9.17) is 21.8 Å². The van der Waals surface area contributed by atoms with E-state index in [1.54, 1.807) is 47.2 Å². The Morgan fingerprint density at radius 2 is 1.93 bits per heavy atom. The van der Waals surface area contributed by atoms with Crippen LogP contribution >= 0.6 is 11.6 Å². The summed E-state index contributed by atoms with van der Waals surface area (Å²) in [6.07, 6.45) is 5.15. The molecule has 6 heteroatoms. The van der Waals surface area contributed by atoms with Crippen molar-refractivity contribution in [2.75, 3.05) is 0 Å². The maximum atomic E-state index is 13.2. The molecule has 0 aliphatic rings. The molecule has 4 aromatic rings. The van der Waals surface area contributed by atoms with Crippen molar-refractivity contribution in [3.05, 3.63) is 98.9 Å². The maximum Gasteiger partial charge on any atom is 0.261 e. The highest BCUT2D eigenvalue weighted by molar-refractivity contribution is 6.31. The molecule has 0 aliphatic carbocycles. The molecule has 140 valence electrons. The van der Waals surface area contributed by atoms with E-state index in [0.29, 0.717) is 40.6 Å². The van der Waals surface area contributed by atoms with Crippen molar-refractivity contribution in [2.45, 2.75) is 13.1 Å². The zero-order chi connectivity index (χ0) is 19.5. The summed E-state index contributed by atoms with van der Waals surface area (Å²) in [5, 5.41) is 1.06. The monoisotopic (exact) mass is 391 g/mol. The molecule has 0 bridgehead atoms. The zero-order valence-electron chi connectivity index (χ0n) is 15.0. The molecule has 4 rings (SSSR count). The molecule has 0 saturated carbocycles. The zero-order valence-corrected chi connectivity index (χ0v) is 15.8. The van der Waals surface area contributed by atoms with E-state index in [2.05, 4.69) is 4.98 Å². The van der Waals surface area contributed by atoms with Crippen molar-refractivity contribution in [1.29, 1.82) is 0 Å². The molecular weight excluding hydrogens is 374 g/mol. The summed E-state index contributed by atoms with van der Waals surface area (Å²) < 4.78 is 6.99. The molecule has 0 aliphatic heterocycles. The number of halogens is 1. The quantitative estimate of drug-likeness (QED) is 0.549. The third-order valence-electron chi connectivity index (χ3n) is 4.45. The Labute approximate surface area is 166 Å². The van der Waals surface area contributed by atoms with Gasteiger partial charge in [0.1, 0.15) is 11.6 Å². The third-order valence-corrected chi connectivity index (χ3v) is 4.69. The molecule has 0 atom stereocenters. The lowest BCUT2D eigenvalue weighted by Gasteiger charge is -2.12. The van der Waals surface area contributed by atoms with Crippen molar-refractivity contribution in [2.24, 2.45) is 5.73 Å². The lowest BCUT2D eigenvalue weighted by molar-refractivity contribution is 0.557. The van der Waals surface area contributed by atoms with Gasteiger partial charge in [0.05, 0.1) is 23.7 Å². The molecule has 0 radical (unpaired) electrons. The fraction of sp³-hybridized carbons (Fsp3) is 0.0909. The molecule has 0 unspecified atom stereocenters. The average molecular weight is 392 g/mol. The van der Waals surface area contributed by atoms with Gasteiger partial charge in [0.2, 0.25) is 0 Å². The average Bonchev–Trinajstić information content (AvgIpc) is 3.22.